The van der Waals surface area contributed by atoms with Gasteiger partial charge in [0.1, 0.15) is 11.9 Å². The van der Waals surface area contributed by atoms with Crippen LogP contribution in [0.1, 0.15) is 11.7 Å². The Labute approximate surface area is 101 Å². The molecule has 0 heterocycles. The maximum atomic E-state index is 10.0. The Kier molecular flexibility index (Phi) is 3.61. The maximum Gasteiger partial charge on any atom is 0.126 e. The van der Waals surface area contributed by atoms with E-state index in [1.807, 2.05) is 36.4 Å². The van der Waals surface area contributed by atoms with Gasteiger partial charge < -0.3 is 14.6 Å². The number of fused-ring (bicyclic) bond motifs is 1. The minimum Gasteiger partial charge on any atom is -0.496 e. The van der Waals surface area contributed by atoms with Gasteiger partial charge in [0.15, 0.2) is 0 Å². The van der Waals surface area contributed by atoms with E-state index in [2.05, 4.69) is 0 Å². The summed E-state index contributed by atoms with van der Waals surface area (Å²) < 4.78 is 10.3. The van der Waals surface area contributed by atoms with Gasteiger partial charge in [-0.3, -0.25) is 0 Å². The van der Waals surface area contributed by atoms with Crippen molar-refractivity contribution in [2.45, 2.75) is 6.10 Å². The molecule has 1 N–H and O–H groups in total. The number of aliphatic hydroxyl groups is 1. The SMILES string of the molecule is COCC(O)c1ccc(OC)c2ccccc12. The first-order chi connectivity index (χ1) is 8.27. The van der Waals surface area contributed by atoms with Crippen molar-refractivity contribution in [3.8, 4) is 5.75 Å². The van der Waals surface area contributed by atoms with Crippen LogP contribution < -0.4 is 4.74 Å². The third-order valence-electron chi connectivity index (χ3n) is 2.82. The van der Waals surface area contributed by atoms with E-state index in [0.717, 1.165) is 22.1 Å². The van der Waals surface area contributed by atoms with Gasteiger partial charge in [-0.15, -0.1) is 0 Å². The second-order valence-electron chi connectivity index (χ2n) is 3.87. The van der Waals surface area contributed by atoms with Gasteiger partial charge in [-0.1, -0.05) is 30.3 Å². The molecular weight excluding hydrogens is 216 g/mol. The van der Waals surface area contributed by atoms with Crippen molar-refractivity contribution in [2.24, 2.45) is 0 Å². The lowest BCUT2D eigenvalue weighted by Gasteiger charge is -2.14. The highest BCUT2D eigenvalue weighted by Crippen LogP contribution is 2.31. The van der Waals surface area contributed by atoms with Crippen LogP contribution in [0.25, 0.3) is 10.8 Å². The Morgan fingerprint density at radius 1 is 1.06 bits per heavy atom. The summed E-state index contributed by atoms with van der Waals surface area (Å²) >= 11 is 0. The van der Waals surface area contributed by atoms with E-state index in [1.54, 1.807) is 14.2 Å². The average molecular weight is 232 g/mol. The van der Waals surface area contributed by atoms with E-state index in [0.29, 0.717) is 0 Å². The lowest BCUT2D eigenvalue weighted by atomic mass is 10.00. The molecule has 90 valence electrons. The van der Waals surface area contributed by atoms with E-state index in [1.165, 1.54) is 0 Å². The zero-order valence-electron chi connectivity index (χ0n) is 10.0. The first-order valence-corrected chi connectivity index (χ1v) is 5.50. The fraction of sp³-hybridized carbons (Fsp3) is 0.286. The Balaban J connectivity index is 2.58. The number of rotatable bonds is 4. The summed E-state index contributed by atoms with van der Waals surface area (Å²) in [4.78, 5) is 0. The van der Waals surface area contributed by atoms with Crippen LogP contribution in [0, 0.1) is 0 Å². The molecule has 0 radical (unpaired) electrons. The van der Waals surface area contributed by atoms with Gasteiger partial charge in [0.25, 0.3) is 0 Å². The van der Waals surface area contributed by atoms with Crippen LogP contribution in [0.4, 0.5) is 0 Å². The number of hydrogen-bond donors (Lipinski definition) is 1. The lowest BCUT2D eigenvalue weighted by Crippen LogP contribution is -2.05. The highest BCUT2D eigenvalue weighted by molar-refractivity contribution is 5.91. The summed E-state index contributed by atoms with van der Waals surface area (Å²) in [6, 6.07) is 11.6. The van der Waals surface area contributed by atoms with Crippen molar-refractivity contribution in [1.29, 1.82) is 0 Å². The molecule has 2 rings (SSSR count). The molecule has 0 amide bonds. The predicted molar refractivity (Wildman–Crippen MR) is 67.3 cm³/mol. The monoisotopic (exact) mass is 232 g/mol. The van der Waals surface area contributed by atoms with Crippen molar-refractivity contribution in [3.05, 3.63) is 42.0 Å². The van der Waals surface area contributed by atoms with Crippen molar-refractivity contribution < 1.29 is 14.6 Å². The summed E-state index contributed by atoms with van der Waals surface area (Å²) in [5.74, 6) is 0.814. The van der Waals surface area contributed by atoms with Crippen molar-refractivity contribution in [3.63, 3.8) is 0 Å². The zero-order chi connectivity index (χ0) is 12.3. The fourth-order valence-electron chi connectivity index (χ4n) is 2.01. The van der Waals surface area contributed by atoms with Crippen LogP contribution in [-0.2, 0) is 4.74 Å². The van der Waals surface area contributed by atoms with Crippen LogP contribution in [0.2, 0.25) is 0 Å². The van der Waals surface area contributed by atoms with Crippen LogP contribution in [0.3, 0.4) is 0 Å². The Morgan fingerprint density at radius 2 is 1.76 bits per heavy atom. The molecule has 3 nitrogen and oxygen atoms in total. The molecule has 0 fully saturated rings. The largest absolute Gasteiger partial charge is 0.496 e. The van der Waals surface area contributed by atoms with Gasteiger partial charge >= 0.3 is 0 Å². The minimum atomic E-state index is -0.615. The highest BCUT2D eigenvalue weighted by Gasteiger charge is 2.12. The Bertz CT molecular complexity index is 508. The van der Waals surface area contributed by atoms with E-state index < -0.39 is 6.10 Å². The van der Waals surface area contributed by atoms with Gasteiger partial charge in [-0.05, 0) is 17.0 Å². The molecule has 0 saturated heterocycles. The highest BCUT2D eigenvalue weighted by atomic mass is 16.5. The van der Waals surface area contributed by atoms with E-state index >= 15 is 0 Å². The molecule has 17 heavy (non-hydrogen) atoms. The molecule has 3 heteroatoms. The minimum absolute atomic E-state index is 0.288. The number of aliphatic hydroxyl groups excluding tert-OH is 1. The standard InChI is InChI=1S/C14H16O3/c1-16-9-13(15)11-7-8-14(17-2)12-6-4-3-5-10(11)12/h3-8,13,15H,9H2,1-2H3. The number of ether oxygens (including phenoxy) is 2. The topological polar surface area (TPSA) is 38.7 Å². The molecular formula is C14H16O3. The lowest BCUT2D eigenvalue weighted by molar-refractivity contribution is 0.0653. The fourth-order valence-corrected chi connectivity index (χ4v) is 2.01. The molecule has 0 aliphatic rings. The maximum absolute atomic E-state index is 10.0. The van der Waals surface area contributed by atoms with E-state index in [9.17, 15) is 5.11 Å². The smallest absolute Gasteiger partial charge is 0.126 e. The summed E-state index contributed by atoms with van der Waals surface area (Å²) in [5.41, 5.74) is 0.864. The summed E-state index contributed by atoms with van der Waals surface area (Å²) in [7, 11) is 3.22. The number of methoxy groups -OCH3 is 2. The number of benzene rings is 2. The molecule has 0 aliphatic heterocycles. The van der Waals surface area contributed by atoms with Gasteiger partial charge in [0, 0.05) is 12.5 Å². The molecule has 0 bridgehead atoms. The first-order valence-electron chi connectivity index (χ1n) is 5.50. The molecule has 2 aromatic rings. The first kappa shape index (κ1) is 11.9. The van der Waals surface area contributed by atoms with Crippen LogP contribution in [-0.4, -0.2) is 25.9 Å². The van der Waals surface area contributed by atoms with Gasteiger partial charge in [0.2, 0.25) is 0 Å². The third kappa shape index (κ3) is 2.25. The molecule has 0 aliphatic carbocycles. The normalized spacial score (nSPS) is 12.6. The number of hydrogen-bond acceptors (Lipinski definition) is 3. The molecule has 0 saturated carbocycles. The predicted octanol–water partition coefficient (Wildman–Crippen LogP) is 2.53. The van der Waals surface area contributed by atoms with E-state index in [4.69, 9.17) is 9.47 Å². The molecule has 0 spiro atoms. The summed E-state index contributed by atoms with van der Waals surface area (Å²) in [5, 5.41) is 12.0. The molecule has 2 aromatic carbocycles. The third-order valence-corrected chi connectivity index (χ3v) is 2.82. The van der Waals surface area contributed by atoms with Crippen LogP contribution in [0.5, 0.6) is 5.75 Å². The Hall–Kier alpha value is -1.58. The van der Waals surface area contributed by atoms with Crippen LogP contribution >= 0.6 is 0 Å². The zero-order valence-corrected chi connectivity index (χ0v) is 10.0. The Morgan fingerprint density at radius 3 is 2.41 bits per heavy atom. The van der Waals surface area contributed by atoms with Crippen LogP contribution in [0.15, 0.2) is 36.4 Å². The quantitative estimate of drug-likeness (QED) is 0.880. The average Bonchev–Trinajstić information content (AvgIpc) is 2.37. The molecule has 1 unspecified atom stereocenters. The van der Waals surface area contributed by atoms with Crippen molar-refractivity contribution >= 4 is 10.8 Å². The molecule has 0 aromatic heterocycles. The van der Waals surface area contributed by atoms with Gasteiger partial charge in [0.05, 0.1) is 13.7 Å². The van der Waals surface area contributed by atoms with Gasteiger partial charge in [-0.2, -0.15) is 0 Å². The summed E-state index contributed by atoms with van der Waals surface area (Å²) in [6.45, 7) is 0.288. The second kappa shape index (κ2) is 5.17. The van der Waals surface area contributed by atoms with Gasteiger partial charge in [-0.25, -0.2) is 0 Å². The van der Waals surface area contributed by atoms with Crippen molar-refractivity contribution in [2.75, 3.05) is 20.8 Å². The second-order valence-corrected chi connectivity index (χ2v) is 3.87. The molecule has 1 atom stereocenters. The van der Waals surface area contributed by atoms with Crippen molar-refractivity contribution in [1.82, 2.24) is 0 Å². The summed E-state index contributed by atoms with van der Waals surface area (Å²) in [6.07, 6.45) is -0.615. The van der Waals surface area contributed by atoms with E-state index in [-0.39, 0.29) is 6.61 Å².